The van der Waals surface area contributed by atoms with Crippen LogP contribution in [-0.4, -0.2) is 23.2 Å². The van der Waals surface area contributed by atoms with E-state index >= 15 is 0 Å². The standard InChI is InChI=1S/C21H21N3O2/c1-13(2)18-17-19(23-22-18)21(25)24(15-9-11-16(26-3)12-10-15)20(17)14-7-5-4-6-8-14/h4-13,20H,1-3H3,(H,22,23). The number of rotatable bonds is 4. The lowest BCUT2D eigenvalue weighted by Gasteiger charge is -2.27. The normalized spacial score (nSPS) is 16.2. The molecule has 5 heteroatoms. The highest BCUT2D eigenvalue weighted by Crippen LogP contribution is 2.44. The van der Waals surface area contributed by atoms with Gasteiger partial charge in [-0.25, -0.2) is 0 Å². The molecule has 1 aliphatic rings. The summed E-state index contributed by atoms with van der Waals surface area (Å²) in [6.07, 6.45) is 0. The molecule has 0 saturated carbocycles. The second kappa shape index (κ2) is 6.33. The summed E-state index contributed by atoms with van der Waals surface area (Å²) >= 11 is 0. The second-order valence-electron chi connectivity index (χ2n) is 6.74. The van der Waals surface area contributed by atoms with Crippen LogP contribution >= 0.6 is 0 Å². The van der Waals surface area contributed by atoms with Crippen LogP contribution in [0.15, 0.2) is 54.6 Å². The number of H-pyrrole nitrogens is 1. The summed E-state index contributed by atoms with van der Waals surface area (Å²) in [5.41, 5.74) is 4.41. The molecule has 3 aromatic rings. The van der Waals surface area contributed by atoms with E-state index < -0.39 is 0 Å². The van der Waals surface area contributed by atoms with Gasteiger partial charge >= 0.3 is 0 Å². The van der Waals surface area contributed by atoms with E-state index in [1.807, 2.05) is 47.4 Å². The fourth-order valence-corrected chi connectivity index (χ4v) is 3.57. The van der Waals surface area contributed by atoms with Crippen LogP contribution in [0.5, 0.6) is 5.75 Å². The highest BCUT2D eigenvalue weighted by Gasteiger charge is 2.43. The molecule has 1 N–H and O–H groups in total. The summed E-state index contributed by atoms with van der Waals surface area (Å²) in [6.45, 7) is 4.19. The van der Waals surface area contributed by atoms with Crippen molar-refractivity contribution in [2.24, 2.45) is 0 Å². The Morgan fingerprint density at radius 3 is 2.38 bits per heavy atom. The summed E-state index contributed by atoms with van der Waals surface area (Å²) in [6, 6.07) is 17.5. The Kier molecular flexibility index (Phi) is 3.99. The van der Waals surface area contributed by atoms with Gasteiger partial charge < -0.3 is 4.74 Å². The van der Waals surface area contributed by atoms with Gasteiger partial charge in [-0.2, -0.15) is 5.10 Å². The number of carbonyl (C=O) groups is 1. The van der Waals surface area contributed by atoms with Gasteiger partial charge in [-0.15, -0.1) is 0 Å². The largest absolute Gasteiger partial charge is 0.497 e. The van der Waals surface area contributed by atoms with E-state index in [-0.39, 0.29) is 17.9 Å². The van der Waals surface area contributed by atoms with Gasteiger partial charge in [0.25, 0.3) is 5.91 Å². The number of nitrogens with one attached hydrogen (secondary N) is 1. The van der Waals surface area contributed by atoms with E-state index in [4.69, 9.17) is 4.74 Å². The molecular formula is C21H21N3O2. The third-order valence-corrected chi connectivity index (χ3v) is 4.81. The molecule has 0 bridgehead atoms. The molecule has 2 heterocycles. The van der Waals surface area contributed by atoms with E-state index in [0.29, 0.717) is 5.69 Å². The average Bonchev–Trinajstić information content (AvgIpc) is 3.22. The number of aromatic nitrogens is 2. The molecule has 5 nitrogen and oxygen atoms in total. The van der Waals surface area contributed by atoms with E-state index in [1.54, 1.807) is 7.11 Å². The van der Waals surface area contributed by atoms with Crippen molar-refractivity contribution in [3.05, 3.63) is 77.1 Å². The molecule has 0 aliphatic carbocycles. The molecule has 132 valence electrons. The van der Waals surface area contributed by atoms with Crippen molar-refractivity contribution in [2.45, 2.75) is 25.8 Å². The molecular weight excluding hydrogens is 326 g/mol. The Balaban J connectivity index is 1.88. The minimum atomic E-state index is -0.191. The van der Waals surface area contributed by atoms with Gasteiger partial charge in [0.2, 0.25) is 0 Å². The minimum absolute atomic E-state index is 0.0570. The molecule has 1 amide bonds. The summed E-state index contributed by atoms with van der Waals surface area (Å²) in [5.74, 6) is 0.933. The molecule has 0 spiro atoms. The molecule has 0 radical (unpaired) electrons. The van der Waals surface area contributed by atoms with Gasteiger partial charge in [0.1, 0.15) is 11.4 Å². The summed E-state index contributed by atoms with van der Waals surface area (Å²) in [7, 11) is 1.63. The molecule has 0 saturated heterocycles. The maximum Gasteiger partial charge on any atom is 0.277 e. The minimum Gasteiger partial charge on any atom is -0.497 e. The van der Waals surface area contributed by atoms with Crippen LogP contribution in [0.4, 0.5) is 5.69 Å². The topological polar surface area (TPSA) is 58.2 Å². The van der Waals surface area contributed by atoms with Gasteiger partial charge in [0, 0.05) is 11.3 Å². The maximum absolute atomic E-state index is 13.2. The molecule has 26 heavy (non-hydrogen) atoms. The average molecular weight is 347 g/mol. The fourth-order valence-electron chi connectivity index (χ4n) is 3.57. The van der Waals surface area contributed by atoms with E-state index in [9.17, 15) is 4.79 Å². The highest BCUT2D eigenvalue weighted by atomic mass is 16.5. The van der Waals surface area contributed by atoms with Crippen LogP contribution in [0.3, 0.4) is 0 Å². The third-order valence-electron chi connectivity index (χ3n) is 4.81. The van der Waals surface area contributed by atoms with Crippen LogP contribution < -0.4 is 9.64 Å². The Morgan fingerprint density at radius 2 is 1.77 bits per heavy atom. The first kappa shape index (κ1) is 16.4. The fraction of sp³-hybridized carbons (Fsp3) is 0.238. The number of carbonyl (C=O) groups excluding carboxylic acids is 1. The lowest BCUT2D eigenvalue weighted by atomic mass is 9.95. The molecule has 1 aliphatic heterocycles. The van der Waals surface area contributed by atoms with E-state index in [0.717, 1.165) is 28.3 Å². The van der Waals surface area contributed by atoms with Gasteiger partial charge in [-0.3, -0.25) is 14.8 Å². The Labute approximate surface area is 152 Å². The smallest absolute Gasteiger partial charge is 0.277 e. The number of methoxy groups -OCH3 is 1. The lowest BCUT2D eigenvalue weighted by Crippen LogP contribution is -2.29. The Bertz CT molecular complexity index is 930. The molecule has 0 fully saturated rings. The Morgan fingerprint density at radius 1 is 1.08 bits per heavy atom. The van der Waals surface area contributed by atoms with Crippen molar-refractivity contribution >= 4 is 11.6 Å². The van der Waals surface area contributed by atoms with Crippen molar-refractivity contribution < 1.29 is 9.53 Å². The number of ether oxygens (including phenoxy) is 1. The summed E-state index contributed by atoms with van der Waals surface area (Å²) < 4.78 is 5.25. The van der Waals surface area contributed by atoms with Gasteiger partial charge in [-0.05, 0) is 35.7 Å². The van der Waals surface area contributed by atoms with Crippen molar-refractivity contribution in [1.82, 2.24) is 10.2 Å². The number of hydrogen-bond acceptors (Lipinski definition) is 3. The zero-order chi connectivity index (χ0) is 18.3. The predicted octanol–water partition coefficient (Wildman–Crippen LogP) is 4.29. The second-order valence-corrected chi connectivity index (χ2v) is 6.74. The Hall–Kier alpha value is -3.08. The molecule has 2 aromatic carbocycles. The van der Waals surface area contributed by atoms with Gasteiger partial charge in [0.05, 0.1) is 18.8 Å². The molecule has 1 unspecified atom stereocenters. The molecule has 4 rings (SSSR count). The number of amides is 1. The monoisotopic (exact) mass is 347 g/mol. The van der Waals surface area contributed by atoms with Crippen LogP contribution in [0.1, 0.15) is 53.1 Å². The zero-order valence-corrected chi connectivity index (χ0v) is 15.1. The van der Waals surface area contributed by atoms with E-state index in [2.05, 4.69) is 36.2 Å². The van der Waals surface area contributed by atoms with Crippen LogP contribution in [0, 0.1) is 0 Å². The van der Waals surface area contributed by atoms with Crippen molar-refractivity contribution in [1.29, 1.82) is 0 Å². The van der Waals surface area contributed by atoms with Gasteiger partial charge in [0.15, 0.2) is 0 Å². The van der Waals surface area contributed by atoms with Crippen molar-refractivity contribution in [3.63, 3.8) is 0 Å². The number of anilines is 1. The van der Waals surface area contributed by atoms with Crippen LogP contribution in [0.2, 0.25) is 0 Å². The van der Waals surface area contributed by atoms with Crippen molar-refractivity contribution in [2.75, 3.05) is 12.0 Å². The summed E-state index contributed by atoms with van der Waals surface area (Å²) in [5, 5.41) is 7.40. The van der Waals surface area contributed by atoms with Crippen molar-refractivity contribution in [3.8, 4) is 5.75 Å². The number of aromatic amines is 1. The first-order valence-corrected chi connectivity index (χ1v) is 8.72. The SMILES string of the molecule is COc1ccc(N2C(=O)c3[nH]nc(C(C)C)c3C2c2ccccc2)cc1. The van der Waals surface area contributed by atoms with E-state index in [1.165, 1.54) is 0 Å². The van der Waals surface area contributed by atoms with Gasteiger partial charge in [-0.1, -0.05) is 44.2 Å². The predicted molar refractivity (Wildman–Crippen MR) is 101 cm³/mol. The third kappa shape index (κ3) is 2.47. The first-order valence-electron chi connectivity index (χ1n) is 8.72. The number of benzene rings is 2. The molecule has 1 atom stereocenters. The number of hydrogen-bond donors (Lipinski definition) is 1. The number of nitrogens with zero attached hydrogens (tertiary/aromatic N) is 2. The lowest BCUT2D eigenvalue weighted by molar-refractivity contribution is 0.0988. The summed E-state index contributed by atoms with van der Waals surface area (Å²) in [4.78, 5) is 15.0. The number of fused-ring (bicyclic) bond motifs is 1. The first-order chi connectivity index (χ1) is 12.6. The van der Waals surface area contributed by atoms with Crippen LogP contribution in [0.25, 0.3) is 0 Å². The molecule has 1 aromatic heterocycles. The zero-order valence-electron chi connectivity index (χ0n) is 15.1. The highest BCUT2D eigenvalue weighted by molar-refractivity contribution is 6.10. The maximum atomic E-state index is 13.2. The quantitative estimate of drug-likeness (QED) is 0.766. The van der Waals surface area contributed by atoms with Crippen LogP contribution in [-0.2, 0) is 0 Å².